The Labute approximate surface area is 190 Å². The highest BCUT2D eigenvalue weighted by atomic mass is 32.1. The lowest BCUT2D eigenvalue weighted by atomic mass is 10.2. The van der Waals surface area contributed by atoms with Gasteiger partial charge in [-0.2, -0.15) is 4.39 Å². The molecule has 3 heterocycles. The number of amides is 2. The van der Waals surface area contributed by atoms with Gasteiger partial charge in [0.1, 0.15) is 23.7 Å². The number of alkyl carbamates (subject to hydrolysis) is 1. The van der Waals surface area contributed by atoms with Crippen LogP contribution in [0.5, 0.6) is 0 Å². The summed E-state index contributed by atoms with van der Waals surface area (Å²) >= 11 is 0.697. The van der Waals surface area contributed by atoms with Gasteiger partial charge < -0.3 is 25.0 Å². The minimum absolute atomic E-state index is 0.0570. The summed E-state index contributed by atoms with van der Waals surface area (Å²) < 4.78 is 25.4. The Morgan fingerprint density at radius 3 is 2.59 bits per heavy atom. The largest absolute Gasteiger partial charge is 0.444 e. The summed E-state index contributed by atoms with van der Waals surface area (Å²) in [6.45, 7) is 10.2. The molecule has 0 saturated carbocycles. The number of anilines is 2. The minimum Gasteiger partial charge on any atom is -0.444 e. The van der Waals surface area contributed by atoms with Gasteiger partial charge in [0, 0.05) is 13.1 Å². The van der Waals surface area contributed by atoms with E-state index >= 15 is 0 Å². The zero-order chi connectivity index (χ0) is 23.5. The molecule has 0 aromatic carbocycles. The predicted molar refractivity (Wildman–Crippen MR) is 120 cm³/mol. The quantitative estimate of drug-likeness (QED) is 0.697. The van der Waals surface area contributed by atoms with Gasteiger partial charge in [0.05, 0.1) is 17.9 Å². The molecule has 0 aliphatic carbocycles. The molecule has 2 aromatic heterocycles. The van der Waals surface area contributed by atoms with Crippen LogP contribution in [0.2, 0.25) is 0 Å². The summed E-state index contributed by atoms with van der Waals surface area (Å²) in [5.41, 5.74) is -0.246. The van der Waals surface area contributed by atoms with Crippen LogP contribution < -0.4 is 15.5 Å². The van der Waals surface area contributed by atoms with Gasteiger partial charge in [0.15, 0.2) is 5.13 Å². The molecule has 9 nitrogen and oxygen atoms in total. The second-order valence-corrected chi connectivity index (χ2v) is 9.54. The number of carbonyl (C=O) groups is 2. The van der Waals surface area contributed by atoms with Crippen LogP contribution in [-0.4, -0.2) is 59.4 Å². The van der Waals surface area contributed by atoms with E-state index in [0.717, 1.165) is 0 Å². The van der Waals surface area contributed by atoms with Gasteiger partial charge in [-0.1, -0.05) is 17.4 Å². The van der Waals surface area contributed by atoms with Crippen molar-refractivity contribution >= 4 is 34.3 Å². The fourth-order valence-electron chi connectivity index (χ4n) is 3.24. The Hall–Kier alpha value is -2.79. The fraction of sp³-hybridized carbons (Fsp3) is 0.524. The van der Waals surface area contributed by atoms with Crippen molar-refractivity contribution in [2.24, 2.45) is 0 Å². The molecule has 0 spiro atoms. The van der Waals surface area contributed by atoms with Crippen LogP contribution in [0.25, 0.3) is 11.4 Å². The summed E-state index contributed by atoms with van der Waals surface area (Å²) in [5, 5.41) is 4.35. The van der Waals surface area contributed by atoms with E-state index in [4.69, 9.17) is 9.47 Å². The Morgan fingerprint density at radius 1 is 1.25 bits per heavy atom. The van der Waals surface area contributed by atoms with Crippen LogP contribution in [0, 0.1) is 5.13 Å². The number of pyridine rings is 1. The van der Waals surface area contributed by atoms with Crippen LogP contribution >= 0.6 is 11.3 Å². The van der Waals surface area contributed by atoms with Crippen molar-refractivity contribution in [2.75, 3.05) is 29.9 Å². The average Bonchev–Trinajstić information content (AvgIpc) is 3.04. The van der Waals surface area contributed by atoms with Crippen molar-refractivity contribution in [3.63, 3.8) is 0 Å². The molecule has 2 aromatic rings. The first-order valence-corrected chi connectivity index (χ1v) is 11.1. The summed E-state index contributed by atoms with van der Waals surface area (Å²) in [5.74, 6) is 0.165. The molecule has 1 aliphatic rings. The molecular formula is C21H28FN5O4S. The van der Waals surface area contributed by atoms with E-state index in [1.165, 1.54) is 0 Å². The van der Waals surface area contributed by atoms with Crippen molar-refractivity contribution < 1.29 is 23.5 Å². The molecule has 0 unspecified atom stereocenters. The summed E-state index contributed by atoms with van der Waals surface area (Å²) in [7, 11) is 0. The highest BCUT2D eigenvalue weighted by Crippen LogP contribution is 2.30. The SMILES string of the molecule is C[C@@H]1CN(c2cccc(-c3nc(NC(=O)CNC(=O)OC(C)(C)C)sc3F)n2)C[C@H](C)O1. The third-order valence-corrected chi connectivity index (χ3v) is 5.10. The smallest absolute Gasteiger partial charge is 0.408 e. The van der Waals surface area contributed by atoms with E-state index in [1.807, 2.05) is 19.9 Å². The average molecular weight is 466 g/mol. The number of nitrogens with one attached hydrogen (secondary N) is 2. The Morgan fingerprint density at radius 2 is 1.94 bits per heavy atom. The maximum Gasteiger partial charge on any atom is 0.408 e. The number of nitrogens with zero attached hydrogens (tertiary/aromatic N) is 3. The maximum absolute atomic E-state index is 14.6. The number of hydrogen-bond donors (Lipinski definition) is 2. The molecule has 3 rings (SSSR count). The number of thiazole rings is 1. The van der Waals surface area contributed by atoms with Gasteiger partial charge in [-0.15, -0.1) is 0 Å². The zero-order valence-corrected chi connectivity index (χ0v) is 19.6. The highest BCUT2D eigenvalue weighted by molar-refractivity contribution is 7.14. The molecule has 11 heteroatoms. The van der Waals surface area contributed by atoms with Crippen molar-refractivity contribution in [1.29, 1.82) is 0 Å². The predicted octanol–water partition coefficient (Wildman–Crippen LogP) is 3.42. The van der Waals surface area contributed by atoms with E-state index in [0.29, 0.717) is 35.9 Å². The molecular weight excluding hydrogens is 437 g/mol. The van der Waals surface area contributed by atoms with Gasteiger partial charge >= 0.3 is 6.09 Å². The number of hydrogen-bond acceptors (Lipinski definition) is 8. The number of carbonyl (C=O) groups excluding carboxylic acids is 2. The molecule has 0 radical (unpaired) electrons. The van der Waals surface area contributed by atoms with E-state index in [9.17, 15) is 14.0 Å². The zero-order valence-electron chi connectivity index (χ0n) is 18.8. The first kappa shape index (κ1) is 23.9. The molecule has 1 fully saturated rings. The second kappa shape index (κ2) is 9.78. The third-order valence-electron chi connectivity index (χ3n) is 4.34. The molecule has 1 aliphatic heterocycles. The van der Waals surface area contributed by atoms with E-state index in [2.05, 4.69) is 25.5 Å². The van der Waals surface area contributed by atoms with Crippen molar-refractivity contribution in [3.05, 3.63) is 23.3 Å². The molecule has 2 atom stereocenters. The molecule has 174 valence electrons. The molecule has 2 amide bonds. The molecule has 32 heavy (non-hydrogen) atoms. The number of morpholine rings is 1. The number of ether oxygens (including phenoxy) is 2. The van der Waals surface area contributed by atoms with Crippen LogP contribution in [0.1, 0.15) is 34.6 Å². The number of halogens is 1. The van der Waals surface area contributed by atoms with Gasteiger partial charge in [-0.25, -0.2) is 14.8 Å². The normalized spacial score (nSPS) is 18.9. The minimum atomic E-state index is -0.716. The van der Waals surface area contributed by atoms with E-state index in [1.54, 1.807) is 32.9 Å². The second-order valence-electron chi connectivity index (χ2n) is 8.59. The van der Waals surface area contributed by atoms with Crippen molar-refractivity contribution in [2.45, 2.75) is 52.4 Å². The molecule has 1 saturated heterocycles. The highest BCUT2D eigenvalue weighted by Gasteiger charge is 2.24. The fourth-order valence-corrected chi connectivity index (χ4v) is 3.96. The summed E-state index contributed by atoms with van der Waals surface area (Å²) in [6.07, 6.45) is -0.584. The Kier molecular flexibility index (Phi) is 7.29. The van der Waals surface area contributed by atoms with Crippen LogP contribution in [0.4, 0.5) is 20.1 Å². The van der Waals surface area contributed by atoms with Crippen LogP contribution in [0.15, 0.2) is 18.2 Å². The van der Waals surface area contributed by atoms with E-state index < -0.39 is 22.7 Å². The van der Waals surface area contributed by atoms with Gasteiger partial charge in [-0.3, -0.25) is 4.79 Å². The summed E-state index contributed by atoms with van der Waals surface area (Å²) in [6, 6.07) is 5.33. The lowest BCUT2D eigenvalue weighted by Crippen LogP contribution is -2.45. The number of aromatic nitrogens is 2. The Balaban J connectivity index is 1.65. The lowest BCUT2D eigenvalue weighted by molar-refractivity contribution is -0.115. The van der Waals surface area contributed by atoms with Gasteiger partial charge in [0.2, 0.25) is 11.0 Å². The van der Waals surface area contributed by atoms with Crippen LogP contribution in [-0.2, 0) is 14.3 Å². The summed E-state index contributed by atoms with van der Waals surface area (Å²) in [4.78, 5) is 34.6. The monoisotopic (exact) mass is 465 g/mol. The van der Waals surface area contributed by atoms with Crippen molar-refractivity contribution in [3.8, 4) is 11.4 Å². The Bertz CT molecular complexity index is 967. The maximum atomic E-state index is 14.6. The first-order chi connectivity index (χ1) is 15.0. The topological polar surface area (TPSA) is 106 Å². The number of rotatable bonds is 5. The molecule has 0 bridgehead atoms. The lowest BCUT2D eigenvalue weighted by Gasteiger charge is -2.36. The standard InChI is InChI=1S/C21H28FN5O4S/c1-12-10-27(11-13(2)30-12)15-8-6-7-14(24-15)17-18(22)32-19(26-17)25-16(28)9-23-20(29)31-21(3,4)5/h6-8,12-13H,9-11H2,1-5H3,(H,23,29)(H,25,26,28)/t12-,13+. The van der Waals surface area contributed by atoms with Crippen LogP contribution in [0.3, 0.4) is 0 Å². The van der Waals surface area contributed by atoms with E-state index in [-0.39, 0.29) is 29.6 Å². The first-order valence-electron chi connectivity index (χ1n) is 10.3. The third kappa shape index (κ3) is 6.60. The van der Waals surface area contributed by atoms with Crippen molar-refractivity contribution in [1.82, 2.24) is 15.3 Å². The van der Waals surface area contributed by atoms with Gasteiger partial charge in [0.25, 0.3) is 0 Å². The molecule has 2 N–H and O–H groups in total. The van der Waals surface area contributed by atoms with Gasteiger partial charge in [-0.05, 0) is 46.8 Å².